The molecule has 3 N–H and O–H groups in total. The zero-order chi connectivity index (χ0) is 15.6. The van der Waals surface area contributed by atoms with Crippen LogP contribution in [0.5, 0.6) is 5.75 Å². The lowest BCUT2D eigenvalue weighted by molar-refractivity contribution is 0.0997. The van der Waals surface area contributed by atoms with Crippen LogP contribution >= 0.6 is 0 Å². The molecule has 0 saturated carbocycles. The zero-order valence-electron chi connectivity index (χ0n) is 11.8. The number of amides is 1. The summed E-state index contributed by atoms with van der Waals surface area (Å²) in [6.07, 6.45) is 0. The number of nitrogens with two attached hydrogens (primary N) is 1. The number of sulfonamides is 1. The number of piperazine rings is 1. The highest BCUT2D eigenvalue weighted by atomic mass is 32.2. The summed E-state index contributed by atoms with van der Waals surface area (Å²) in [5.74, 6) is -1.18. The van der Waals surface area contributed by atoms with Crippen LogP contribution in [0.1, 0.15) is 17.3 Å². The molecule has 1 fully saturated rings. The van der Waals surface area contributed by atoms with Crippen LogP contribution in [-0.2, 0) is 10.0 Å². The second-order valence-corrected chi connectivity index (χ2v) is 6.82. The Morgan fingerprint density at radius 2 is 1.90 bits per heavy atom. The summed E-state index contributed by atoms with van der Waals surface area (Å²) in [7, 11) is -3.68. The highest BCUT2D eigenvalue weighted by molar-refractivity contribution is 7.89. The average molecular weight is 313 g/mol. The third kappa shape index (κ3) is 3.17. The number of aromatic hydroxyl groups is 1. The molecule has 0 atom stereocenters. The SMILES string of the molecule is CCN1CCN(S(=O)(=O)c2ccc(O)c(C(N)=O)c2)CC1. The fourth-order valence-corrected chi connectivity index (χ4v) is 3.76. The largest absolute Gasteiger partial charge is 0.507 e. The van der Waals surface area contributed by atoms with Gasteiger partial charge in [-0.3, -0.25) is 4.79 Å². The molecule has 7 nitrogen and oxygen atoms in total. The molecule has 0 aromatic heterocycles. The summed E-state index contributed by atoms with van der Waals surface area (Å²) in [5, 5.41) is 9.53. The minimum atomic E-state index is -3.68. The van der Waals surface area contributed by atoms with Crippen LogP contribution < -0.4 is 5.73 Å². The first-order valence-corrected chi connectivity index (χ1v) is 8.15. The molecule has 0 radical (unpaired) electrons. The first kappa shape index (κ1) is 15.7. The number of hydrogen-bond acceptors (Lipinski definition) is 5. The molecule has 1 aromatic rings. The molecule has 0 aliphatic carbocycles. The summed E-state index contributed by atoms with van der Waals surface area (Å²) in [5.41, 5.74) is 4.94. The van der Waals surface area contributed by atoms with Gasteiger partial charge in [0.05, 0.1) is 10.5 Å². The molecule has 1 heterocycles. The van der Waals surface area contributed by atoms with Gasteiger partial charge in [0.25, 0.3) is 5.91 Å². The van der Waals surface area contributed by atoms with Crippen molar-refractivity contribution in [3.8, 4) is 5.75 Å². The van der Waals surface area contributed by atoms with E-state index in [2.05, 4.69) is 4.90 Å². The summed E-state index contributed by atoms with van der Waals surface area (Å²) >= 11 is 0. The van der Waals surface area contributed by atoms with Gasteiger partial charge in [0.15, 0.2) is 0 Å². The van der Waals surface area contributed by atoms with Gasteiger partial charge in [-0.15, -0.1) is 0 Å². The highest BCUT2D eigenvalue weighted by Gasteiger charge is 2.28. The molecule has 21 heavy (non-hydrogen) atoms. The minimum Gasteiger partial charge on any atom is -0.507 e. The van der Waals surface area contributed by atoms with Crippen molar-refractivity contribution in [2.24, 2.45) is 5.73 Å². The van der Waals surface area contributed by atoms with E-state index in [1.807, 2.05) is 6.92 Å². The Kier molecular flexibility index (Phi) is 4.50. The van der Waals surface area contributed by atoms with Crippen LogP contribution in [0.25, 0.3) is 0 Å². The van der Waals surface area contributed by atoms with Gasteiger partial charge in [0.1, 0.15) is 5.75 Å². The molecule has 1 amide bonds. The third-order valence-electron chi connectivity index (χ3n) is 3.65. The Balaban J connectivity index is 2.28. The van der Waals surface area contributed by atoms with E-state index in [4.69, 9.17) is 5.73 Å². The maximum Gasteiger partial charge on any atom is 0.252 e. The number of nitrogens with zero attached hydrogens (tertiary/aromatic N) is 2. The second-order valence-electron chi connectivity index (χ2n) is 4.88. The maximum atomic E-state index is 12.5. The van der Waals surface area contributed by atoms with Gasteiger partial charge in [0, 0.05) is 26.2 Å². The van der Waals surface area contributed by atoms with Crippen molar-refractivity contribution in [1.82, 2.24) is 9.21 Å². The van der Waals surface area contributed by atoms with Crippen molar-refractivity contribution in [1.29, 1.82) is 0 Å². The predicted molar refractivity (Wildman–Crippen MR) is 77.5 cm³/mol. The number of rotatable bonds is 4. The number of carbonyl (C=O) groups excluding carboxylic acids is 1. The first-order chi connectivity index (χ1) is 9.86. The number of hydrogen-bond donors (Lipinski definition) is 2. The predicted octanol–water partition coefficient (Wildman–Crippen LogP) is -0.183. The van der Waals surface area contributed by atoms with E-state index in [0.717, 1.165) is 12.6 Å². The molecule has 0 spiro atoms. The van der Waals surface area contributed by atoms with Crippen LogP contribution in [0.3, 0.4) is 0 Å². The molecular weight excluding hydrogens is 294 g/mol. The van der Waals surface area contributed by atoms with E-state index in [1.165, 1.54) is 16.4 Å². The standard InChI is InChI=1S/C13H19N3O4S/c1-2-15-5-7-16(8-6-15)21(19,20)10-3-4-12(17)11(9-10)13(14)18/h3-4,9,17H,2,5-8H2,1H3,(H2,14,18). The van der Waals surface area contributed by atoms with Gasteiger partial charge in [-0.25, -0.2) is 8.42 Å². The quantitative estimate of drug-likeness (QED) is 0.802. The Morgan fingerprint density at radius 3 is 2.43 bits per heavy atom. The highest BCUT2D eigenvalue weighted by Crippen LogP contribution is 2.24. The molecule has 1 saturated heterocycles. The first-order valence-electron chi connectivity index (χ1n) is 6.71. The van der Waals surface area contributed by atoms with Gasteiger partial charge < -0.3 is 15.7 Å². The Morgan fingerprint density at radius 1 is 1.29 bits per heavy atom. The van der Waals surface area contributed by atoms with E-state index in [9.17, 15) is 18.3 Å². The second kappa shape index (κ2) is 6.00. The number of benzene rings is 1. The number of primary amides is 1. The normalized spacial score (nSPS) is 17.8. The minimum absolute atomic E-state index is 0.0287. The number of likely N-dealkylation sites (N-methyl/N-ethyl adjacent to an activating group) is 1. The van der Waals surface area contributed by atoms with E-state index >= 15 is 0 Å². The molecule has 116 valence electrons. The monoisotopic (exact) mass is 313 g/mol. The third-order valence-corrected chi connectivity index (χ3v) is 5.54. The molecule has 0 bridgehead atoms. The van der Waals surface area contributed by atoms with Crippen molar-refractivity contribution in [3.63, 3.8) is 0 Å². The smallest absolute Gasteiger partial charge is 0.252 e. The van der Waals surface area contributed by atoms with Crippen molar-refractivity contribution in [2.75, 3.05) is 32.7 Å². The van der Waals surface area contributed by atoms with E-state index in [-0.39, 0.29) is 16.2 Å². The summed E-state index contributed by atoms with van der Waals surface area (Å²) < 4.78 is 26.5. The molecular formula is C13H19N3O4S. The van der Waals surface area contributed by atoms with Crippen molar-refractivity contribution >= 4 is 15.9 Å². The fourth-order valence-electron chi connectivity index (χ4n) is 2.31. The maximum absolute atomic E-state index is 12.5. The van der Waals surface area contributed by atoms with Crippen LogP contribution in [0.4, 0.5) is 0 Å². The number of phenols is 1. The number of carbonyl (C=O) groups is 1. The van der Waals surface area contributed by atoms with Crippen molar-refractivity contribution < 1.29 is 18.3 Å². The Labute approximate surface area is 124 Å². The lowest BCUT2D eigenvalue weighted by Crippen LogP contribution is -2.48. The summed E-state index contributed by atoms with van der Waals surface area (Å²) in [4.78, 5) is 13.3. The summed E-state index contributed by atoms with van der Waals surface area (Å²) in [6.45, 7) is 5.08. The van der Waals surface area contributed by atoms with E-state index in [1.54, 1.807) is 0 Å². The van der Waals surface area contributed by atoms with Crippen molar-refractivity contribution in [3.05, 3.63) is 23.8 Å². The van der Waals surface area contributed by atoms with Gasteiger partial charge >= 0.3 is 0 Å². The molecule has 0 unspecified atom stereocenters. The van der Waals surface area contributed by atoms with Gasteiger partial charge in [-0.1, -0.05) is 6.92 Å². The summed E-state index contributed by atoms with van der Waals surface area (Å²) in [6, 6.07) is 3.58. The molecule has 1 aliphatic heterocycles. The van der Waals surface area contributed by atoms with Crippen LogP contribution in [0.15, 0.2) is 23.1 Å². The molecule has 8 heteroatoms. The van der Waals surface area contributed by atoms with Crippen LogP contribution in [0.2, 0.25) is 0 Å². The van der Waals surface area contributed by atoms with Gasteiger partial charge in [0.2, 0.25) is 10.0 Å². The molecule has 1 aromatic carbocycles. The molecule has 2 rings (SSSR count). The lowest BCUT2D eigenvalue weighted by Gasteiger charge is -2.33. The van der Waals surface area contributed by atoms with Gasteiger partial charge in [-0.2, -0.15) is 4.31 Å². The zero-order valence-corrected chi connectivity index (χ0v) is 12.6. The van der Waals surface area contributed by atoms with E-state index in [0.29, 0.717) is 26.2 Å². The van der Waals surface area contributed by atoms with Crippen molar-refractivity contribution in [2.45, 2.75) is 11.8 Å². The van der Waals surface area contributed by atoms with E-state index < -0.39 is 15.9 Å². The Bertz CT molecular complexity index is 637. The average Bonchev–Trinajstić information content (AvgIpc) is 2.47. The molecule has 1 aliphatic rings. The Hall–Kier alpha value is -1.64. The van der Waals surface area contributed by atoms with Crippen LogP contribution in [0, 0.1) is 0 Å². The van der Waals surface area contributed by atoms with Crippen LogP contribution in [-0.4, -0.2) is 61.4 Å². The lowest BCUT2D eigenvalue weighted by atomic mass is 10.2. The van der Waals surface area contributed by atoms with Gasteiger partial charge in [-0.05, 0) is 24.7 Å². The fraction of sp³-hybridized carbons (Fsp3) is 0.462. The topological polar surface area (TPSA) is 104 Å².